The van der Waals surface area contributed by atoms with Crippen LogP contribution in [0.5, 0.6) is 0 Å². The van der Waals surface area contributed by atoms with Crippen LogP contribution in [0.25, 0.3) is 0 Å². The maximum absolute atomic E-state index is 11.6. The van der Waals surface area contributed by atoms with Crippen molar-refractivity contribution in [1.82, 2.24) is 0 Å². The summed E-state index contributed by atoms with van der Waals surface area (Å²) in [5.41, 5.74) is 2.20. The maximum Gasteiger partial charge on any atom is 0.155 e. The Bertz CT molecular complexity index is 435. The van der Waals surface area contributed by atoms with Crippen LogP contribution in [0.4, 0.5) is 0 Å². The summed E-state index contributed by atoms with van der Waals surface area (Å²) in [7, 11) is 0. The average Bonchev–Trinajstić information content (AvgIpc) is 2.79. The first-order valence-corrected chi connectivity index (χ1v) is 8.41. The average molecular weight is 258 g/mol. The first-order chi connectivity index (χ1) is 9.17. The minimum Gasteiger partial charge on any atom is -0.295 e. The first kappa shape index (κ1) is 12.2. The molecule has 3 fully saturated rings. The van der Waals surface area contributed by atoms with Crippen molar-refractivity contribution in [2.75, 3.05) is 0 Å². The van der Waals surface area contributed by atoms with Crippen molar-refractivity contribution in [2.45, 2.75) is 64.7 Å². The fourth-order valence-electron chi connectivity index (χ4n) is 6.17. The van der Waals surface area contributed by atoms with Gasteiger partial charge in [0.1, 0.15) is 0 Å². The standard InChI is InChI=1S/C18H26O/c1-18-9-2-3-17(18)16-6-4-12-11-13(19)5-7-14(12)15(16)8-10-18/h11,14-17H,2-10H2,1H3/t14?,15?,16?,17?,18-/m1/s1. The van der Waals surface area contributed by atoms with Crippen LogP contribution in [0, 0.1) is 29.1 Å². The molecule has 0 amide bonds. The molecule has 4 unspecified atom stereocenters. The van der Waals surface area contributed by atoms with Crippen LogP contribution >= 0.6 is 0 Å². The third-order valence-corrected chi connectivity index (χ3v) is 7.08. The highest BCUT2D eigenvalue weighted by atomic mass is 16.1. The maximum atomic E-state index is 11.6. The molecule has 0 saturated heterocycles. The van der Waals surface area contributed by atoms with Crippen molar-refractivity contribution in [3.63, 3.8) is 0 Å². The number of hydrogen-bond donors (Lipinski definition) is 0. The summed E-state index contributed by atoms with van der Waals surface area (Å²) in [6, 6.07) is 0. The second-order valence-corrected chi connectivity index (χ2v) is 7.89. The molecule has 0 N–H and O–H groups in total. The summed E-state index contributed by atoms with van der Waals surface area (Å²) >= 11 is 0. The normalized spacial score (nSPS) is 49.1. The highest BCUT2D eigenvalue weighted by molar-refractivity contribution is 5.91. The Labute approximate surface area is 116 Å². The van der Waals surface area contributed by atoms with E-state index in [0.717, 1.165) is 36.5 Å². The van der Waals surface area contributed by atoms with Gasteiger partial charge in [0.05, 0.1) is 0 Å². The fourth-order valence-corrected chi connectivity index (χ4v) is 6.17. The van der Waals surface area contributed by atoms with Crippen molar-refractivity contribution in [1.29, 1.82) is 0 Å². The summed E-state index contributed by atoms with van der Waals surface area (Å²) in [4.78, 5) is 11.6. The lowest BCUT2D eigenvalue weighted by Gasteiger charge is -2.52. The smallest absolute Gasteiger partial charge is 0.155 e. The largest absolute Gasteiger partial charge is 0.295 e. The minimum atomic E-state index is 0.395. The number of carbonyl (C=O) groups excluding carboxylic acids is 1. The van der Waals surface area contributed by atoms with E-state index in [1.165, 1.54) is 50.5 Å². The Hall–Kier alpha value is -0.590. The Morgan fingerprint density at radius 2 is 1.95 bits per heavy atom. The Morgan fingerprint density at radius 3 is 2.84 bits per heavy atom. The molecule has 0 heterocycles. The Balaban J connectivity index is 1.63. The van der Waals surface area contributed by atoms with Crippen LogP contribution in [0.3, 0.4) is 0 Å². The lowest BCUT2D eigenvalue weighted by atomic mass is 9.52. The van der Waals surface area contributed by atoms with Crippen LogP contribution in [-0.4, -0.2) is 5.78 Å². The van der Waals surface area contributed by atoms with Gasteiger partial charge >= 0.3 is 0 Å². The number of fused-ring (bicyclic) bond motifs is 5. The number of ketones is 1. The van der Waals surface area contributed by atoms with E-state index in [1.807, 2.05) is 6.08 Å². The molecule has 0 spiro atoms. The predicted molar refractivity (Wildman–Crippen MR) is 76.7 cm³/mol. The SMILES string of the molecule is C[C@]12CCCC1C1CCC3=CC(=O)CCC3C1CC2. The second kappa shape index (κ2) is 4.20. The molecule has 4 aliphatic carbocycles. The molecule has 1 heteroatoms. The molecule has 0 aliphatic heterocycles. The molecule has 0 aromatic carbocycles. The first-order valence-electron chi connectivity index (χ1n) is 8.41. The van der Waals surface area contributed by atoms with Crippen molar-refractivity contribution < 1.29 is 4.79 Å². The fraction of sp³-hybridized carbons (Fsp3) is 0.833. The second-order valence-electron chi connectivity index (χ2n) is 7.89. The molecule has 4 rings (SSSR count). The third-order valence-electron chi connectivity index (χ3n) is 7.08. The van der Waals surface area contributed by atoms with Gasteiger partial charge in [0, 0.05) is 6.42 Å². The van der Waals surface area contributed by atoms with Gasteiger partial charge in [0.15, 0.2) is 5.78 Å². The van der Waals surface area contributed by atoms with Gasteiger partial charge in [-0.15, -0.1) is 0 Å². The summed E-state index contributed by atoms with van der Waals surface area (Å²) < 4.78 is 0. The van der Waals surface area contributed by atoms with Crippen molar-refractivity contribution in [3.8, 4) is 0 Å². The van der Waals surface area contributed by atoms with E-state index in [9.17, 15) is 4.79 Å². The van der Waals surface area contributed by atoms with Crippen LogP contribution in [0.15, 0.2) is 11.6 Å². The molecule has 5 atom stereocenters. The Kier molecular flexibility index (Phi) is 2.69. The van der Waals surface area contributed by atoms with Crippen molar-refractivity contribution in [3.05, 3.63) is 11.6 Å². The van der Waals surface area contributed by atoms with E-state index >= 15 is 0 Å². The monoisotopic (exact) mass is 258 g/mol. The van der Waals surface area contributed by atoms with Gasteiger partial charge < -0.3 is 0 Å². The third kappa shape index (κ3) is 1.76. The molecule has 104 valence electrons. The van der Waals surface area contributed by atoms with E-state index in [2.05, 4.69) is 6.92 Å². The minimum absolute atomic E-state index is 0.395. The zero-order valence-corrected chi connectivity index (χ0v) is 12.2. The van der Waals surface area contributed by atoms with Crippen LogP contribution in [0.2, 0.25) is 0 Å². The molecule has 0 aromatic heterocycles. The van der Waals surface area contributed by atoms with Gasteiger partial charge in [0.2, 0.25) is 0 Å². The molecular formula is C18H26O. The summed E-state index contributed by atoms with van der Waals surface area (Å²) in [5.74, 6) is 4.08. The molecular weight excluding hydrogens is 232 g/mol. The summed E-state index contributed by atoms with van der Waals surface area (Å²) in [5, 5.41) is 0. The summed E-state index contributed by atoms with van der Waals surface area (Å²) in [6.45, 7) is 2.57. The van der Waals surface area contributed by atoms with Gasteiger partial charge in [-0.3, -0.25) is 4.79 Å². The molecule has 0 bridgehead atoms. The molecule has 4 aliphatic rings. The van der Waals surface area contributed by atoms with E-state index in [-0.39, 0.29) is 0 Å². The predicted octanol–water partition coefficient (Wildman–Crippen LogP) is 4.52. The zero-order chi connectivity index (χ0) is 13.0. The quantitative estimate of drug-likeness (QED) is 0.624. The molecule has 19 heavy (non-hydrogen) atoms. The number of hydrogen-bond acceptors (Lipinski definition) is 1. The van der Waals surface area contributed by atoms with Crippen LogP contribution in [-0.2, 0) is 4.79 Å². The van der Waals surface area contributed by atoms with Gasteiger partial charge in [-0.25, -0.2) is 0 Å². The van der Waals surface area contributed by atoms with E-state index in [4.69, 9.17) is 0 Å². The van der Waals surface area contributed by atoms with Gasteiger partial charge in [-0.05, 0) is 80.1 Å². The number of rotatable bonds is 0. The molecule has 1 nitrogen and oxygen atoms in total. The van der Waals surface area contributed by atoms with Crippen molar-refractivity contribution in [2.24, 2.45) is 29.1 Å². The number of carbonyl (C=O) groups is 1. The van der Waals surface area contributed by atoms with Crippen LogP contribution in [0.1, 0.15) is 64.7 Å². The topological polar surface area (TPSA) is 17.1 Å². The van der Waals surface area contributed by atoms with E-state index in [0.29, 0.717) is 11.2 Å². The Morgan fingerprint density at radius 1 is 1.05 bits per heavy atom. The highest BCUT2D eigenvalue weighted by Crippen LogP contribution is 2.61. The molecule has 3 saturated carbocycles. The van der Waals surface area contributed by atoms with Gasteiger partial charge in [-0.2, -0.15) is 0 Å². The highest BCUT2D eigenvalue weighted by Gasteiger charge is 2.52. The van der Waals surface area contributed by atoms with Crippen LogP contribution < -0.4 is 0 Å². The number of allylic oxidation sites excluding steroid dienone is 1. The summed E-state index contributed by atoms with van der Waals surface area (Å²) in [6.07, 6.45) is 13.9. The zero-order valence-electron chi connectivity index (χ0n) is 12.2. The lowest BCUT2D eigenvalue weighted by molar-refractivity contribution is -0.116. The van der Waals surface area contributed by atoms with Gasteiger partial charge in [0.25, 0.3) is 0 Å². The van der Waals surface area contributed by atoms with E-state index in [1.54, 1.807) is 0 Å². The lowest BCUT2D eigenvalue weighted by Crippen LogP contribution is -2.44. The van der Waals surface area contributed by atoms with Crippen molar-refractivity contribution >= 4 is 5.78 Å². The van der Waals surface area contributed by atoms with Gasteiger partial charge in [-0.1, -0.05) is 18.9 Å². The molecule has 0 radical (unpaired) electrons. The van der Waals surface area contributed by atoms with E-state index < -0.39 is 0 Å². The molecule has 0 aromatic rings.